The average Bonchev–Trinajstić information content (AvgIpc) is 2.66. The van der Waals surface area contributed by atoms with Crippen LogP contribution in [0.5, 0.6) is 0 Å². The normalized spacial score (nSPS) is 27.9. The molecule has 0 radical (unpaired) electrons. The minimum atomic E-state index is -1.38. The van der Waals surface area contributed by atoms with Gasteiger partial charge in [-0.25, -0.2) is 0 Å². The van der Waals surface area contributed by atoms with Crippen molar-refractivity contribution in [2.24, 2.45) is 0 Å². The number of nitro groups is 1. The van der Waals surface area contributed by atoms with Gasteiger partial charge in [-0.3, -0.25) is 14.9 Å². The largest absolute Gasteiger partial charge is 0.394 e. The van der Waals surface area contributed by atoms with Gasteiger partial charge in [-0.15, -0.1) is 11.8 Å². The minimum absolute atomic E-state index is 0.0237. The maximum Gasteiger partial charge on any atom is 0.282 e. The second kappa shape index (κ2) is 9.97. The number of aliphatic hydroxyl groups excluding tert-OH is 3. The van der Waals surface area contributed by atoms with Crippen LogP contribution in [0.15, 0.2) is 29.2 Å². The molecule has 4 N–H and O–H groups in total. The smallest absolute Gasteiger partial charge is 0.282 e. The number of aliphatic hydroxyl groups is 3. The van der Waals surface area contributed by atoms with E-state index in [4.69, 9.17) is 14.6 Å². The van der Waals surface area contributed by atoms with Crippen LogP contribution in [-0.2, 0) is 14.3 Å². The molecule has 1 aromatic carbocycles. The number of hydrogen-bond acceptors (Lipinski definition) is 9. The predicted molar refractivity (Wildman–Crippen MR) is 95.1 cm³/mol. The van der Waals surface area contributed by atoms with Crippen LogP contribution in [0.4, 0.5) is 5.69 Å². The third kappa shape index (κ3) is 5.37. The van der Waals surface area contributed by atoms with Crippen LogP contribution in [0.1, 0.15) is 6.42 Å². The van der Waals surface area contributed by atoms with E-state index in [0.29, 0.717) is 4.90 Å². The summed E-state index contributed by atoms with van der Waals surface area (Å²) < 4.78 is 10.4. The predicted octanol–water partition coefficient (Wildman–Crippen LogP) is -0.353. The van der Waals surface area contributed by atoms with Crippen molar-refractivity contribution in [3.8, 4) is 0 Å². The molecule has 27 heavy (non-hydrogen) atoms. The molecular formula is C16H22N2O8S. The number of carbonyl (C=O) groups is 1. The number of ether oxygens (including phenoxy) is 2. The first-order chi connectivity index (χ1) is 12.9. The number of amides is 1. The van der Waals surface area contributed by atoms with Gasteiger partial charge in [0.1, 0.15) is 24.4 Å². The average molecular weight is 402 g/mol. The maximum atomic E-state index is 12.2. The number of nitrogens with one attached hydrogen (secondary N) is 1. The summed E-state index contributed by atoms with van der Waals surface area (Å²) in [4.78, 5) is 23.1. The Morgan fingerprint density at radius 2 is 2.07 bits per heavy atom. The SMILES string of the molecule is COC1OC(CO)C(O)C(O)C1NC(=O)CCSc1ccccc1[N+](=O)[O-]. The second-order valence-corrected chi connectivity index (χ2v) is 7.00. The van der Waals surface area contributed by atoms with Crippen molar-refractivity contribution in [2.75, 3.05) is 19.5 Å². The van der Waals surface area contributed by atoms with Crippen molar-refractivity contribution in [2.45, 2.75) is 42.0 Å². The highest BCUT2D eigenvalue weighted by Crippen LogP contribution is 2.29. The van der Waals surface area contributed by atoms with Gasteiger partial charge in [0, 0.05) is 25.3 Å². The van der Waals surface area contributed by atoms with Crippen molar-refractivity contribution in [1.82, 2.24) is 5.32 Å². The lowest BCUT2D eigenvalue weighted by Crippen LogP contribution is -2.64. The van der Waals surface area contributed by atoms with Gasteiger partial charge in [-0.05, 0) is 6.07 Å². The Morgan fingerprint density at radius 1 is 1.37 bits per heavy atom. The van der Waals surface area contributed by atoms with E-state index < -0.39 is 48.1 Å². The summed E-state index contributed by atoms with van der Waals surface area (Å²) in [6.45, 7) is -0.509. The number of hydrogen-bond donors (Lipinski definition) is 4. The lowest BCUT2D eigenvalue weighted by Gasteiger charge is -2.41. The lowest BCUT2D eigenvalue weighted by molar-refractivity contribution is -0.387. The van der Waals surface area contributed by atoms with Crippen LogP contribution < -0.4 is 5.32 Å². The van der Waals surface area contributed by atoms with Gasteiger partial charge >= 0.3 is 0 Å². The van der Waals surface area contributed by atoms with Crippen molar-refractivity contribution >= 4 is 23.4 Å². The standard InChI is InChI=1S/C16H22N2O8S/c1-25-16-13(15(22)14(21)10(8-19)26-16)17-12(20)6-7-27-11-5-3-2-4-9(11)18(23)24/h2-5,10,13-16,19,21-22H,6-8H2,1H3,(H,17,20). The Labute approximate surface area is 159 Å². The van der Waals surface area contributed by atoms with Gasteiger partial charge in [-0.1, -0.05) is 12.1 Å². The Morgan fingerprint density at radius 3 is 2.70 bits per heavy atom. The summed E-state index contributed by atoms with van der Waals surface area (Å²) in [6.07, 6.45) is -4.80. The highest BCUT2D eigenvalue weighted by atomic mass is 32.2. The molecule has 0 bridgehead atoms. The summed E-state index contributed by atoms with van der Waals surface area (Å²) in [5.41, 5.74) is -0.0309. The molecule has 0 aliphatic carbocycles. The van der Waals surface area contributed by atoms with Gasteiger partial charge < -0.3 is 30.1 Å². The number of rotatable bonds is 8. The molecule has 11 heteroatoms. The summed E-state index contributed by atoms with van der Waals surface area (Å²) in [6, 6.07) is 5.21. The summed E-state index contributed by atoms with van der Waals surface area (Å²) >= 11 is 1.17. The van der Waals surface area contributed by atoms with Crippen LogP contribution >= 0.6 is 11.8 Å². The molecule has 0 saturated carbocycles. The molecule has 1 aromatic rings. The molecule has 1 heterocycles. The Kier molecular flexibility index (Phi) is 7.95. The van der Waals surface area contributed by atoms with Crippen molar-refractivity contribution in [3.05, 3.63) is 34.4 Å². The second-order valence-electron chi connectivity index (χ2n) is 5.86. The van der Waals surface area contributed by atoms with Gasteiger partial charge in [-0.2, -0.15) is 0 Å². The van der Waals surface area contributed by atoms with E-state index in [1.807, 2.05) is 0 Å². The first-order valence-electron chi connectivity index (χ1n) is 8.19. The zero-order chi connectivity index (χ0) is 20.0. The van der Waals surface area contributed by atoms with E-state index in [-0.39, 0.29) is 17.9 Å². The van der Waals surface area contributed by atoms with Crippen LogP contribution in [0.25, 0.3) is 0 Å². The van der Waals surface area contributed by atoms with E-state index in [9.17, 15) is 25.1 Å². The Balaban J connectivity index is 1.90. The fourth-order valence-electron chi connectivity index (χ4n) is 2.68. The van der Waals surface area contributed by atoms with Crippen molar-refractivity contribution in [1.29, 1.82) is 0 Å². The van der Waals surface area contributed by atoms with E-state index in [1.54, 1.807) is 18.2 Å². The number of methoxy groups -OCH3 is 1. The number of carbonyl (C=O) groups excluding carboxylic acids is 1. The Bertz CT molecular complexity index is 659. The molecule has 0 spiro atoms. The Hall–Kier alpha value is -1.76. The van der Waals surface area contributed by atoms with E-state index in [2.05, 4.69) is 5.32 Å². The molecule has 1 aliphatic rings. The fraction of sp³-hybridized carbons (Fsp3) is 0.562. The van der Waals surface area contributed by atoms with Crippen LogP contribution in [0.2, 0.25) is 0 Å². The fourth-order valence-corrected chi connectivity index (χ4v) is 3.65. The number of thioether (sulfide) groups is 1. The molecule has 0 aromatic heterocycles. The number of para-hydroxylation sites is 1. The molecule has 2 rings (SSSR count). The third-order valence-corrected chi connectivity index (χ3v) is 5.15. The van der Waals surface area contributed by atoms with Crippen LogP contribution in [-0.4, -0.2) is 76.3 Å². The number of nitro benzene ring substituents is 1. The molecule has 5 atom stereocenters. The molecule has 10 nitrogen and oxygen atoms in total. The van der Waals surface area contributed by atoms with Gasteiger partial charge in [0.05, 0.1) is 16.4 Å². The minimum Gasteiger partial charge on any atom is -0.394 e. The van der Waals surface area contributed by atoms with E-state index in [0.717, 1.165) is 0 Å². The zero-order valence-corrected chi connectivity index (χ0v) is 15.4. The molecule has 150 valence electrons. The molecule has 1 amide bonds. The number of nitrogens with zero attached hydrogens (tertiary/aromatic N) is 1. The molecular weight excluding hydrogens is 380 g/mol. The van der Waals surface area contributed by atoms with Gasteiger partial charge in [0.15, 0.2) is 6.29 Å². The first-order valence-corrected chi connectivity index (χ1v) is 9.18. The van der Waals surface area contributed by atoms with E-state index in [1.165, 1.54) is 24.9 Å². The lowest BCUT2D eigenvalue weighted by atomic mass is 9.97. The van der Waals surface area contributed by atoms with Gasteiger partial charge in [0.2, 0.25) is 5.91 Å². The summed E-state index contributed by atoms with van der Waals surface area (Å²) in [5, 5.41) is 42.8. The monoisotopic (exact) mass is 402 g/mol. The molecule has 5 unspecified atom stereocenters. The maximum absolute atomic E-state index is 12.2. The molecule has 1 saturated heterocycles. The first kappa shape index (κ1) is 21.5. The van der Waals surface area contributed by atoms with Crippen molar-refractivity contribution < 1.29 is 34.5 Å². The summed E-state index contributed by atoms with van der Waals surface area (Å²) in [7, 11) is 1.31. The number of benzene rings is 1. The molecule has 1 aliphatic heterocycles. The van der Waals surface area contributed by atoms with Crippen LogP contribution in [0, 0.1) is 10.1 Å². The topological polar surface area (TPSA) is 151 Å². The van der Waals surface area contributed by atoms with E-state index >= 15 is 0 Å². The highest BCUT2D eigenvalue weighted by molar-refractivity contribution is 7.99. The molecule has 1 fully saturated rings. The summed E-state index contributed by atoms with van der Waals surface area (Å²) in [5.74, 6) is -0.162. The zero-order valence-electron chi connectivity index (χ0n) is 14.6. The van der Waals surface area contributed by atoms with Crippen LogP contribution in [0.3, 0.4) is 0 Å². The quantitative estimate of drug-likeness (QED) is 0.260. The van der Waals surface area contributed by atoms with Gasteiger partial charge in [0.25, 0.3) is 5.69 Å². The third-order valence-electron chi connectivity index (χ3n) is 4.09. The highest BCUT2D eigenvalue weighted by Gasteiger charge is 2.45. The van der Waals surface area contributed by atoms with Crippen molar-refractivity contribution in [3.63, 3.8) is 0 Å².